The van der Waals surface area contributed by atoms with Gasteiger partial charge in [0.1, 0.15) is 0 Å². The van der Waals surface area contributed by atoms with Crippen LogP contribution in [0.3, 0.4) is 0 Å². The normalized spacial score (nSPS) is 14.7. The number of amides is 2. The monoisotopic (exact) mass is 367 g/mol. The van der Waals surface area contributed by atoms with Gasteiger partial charge in [-0.15, -0.1) is 0 Å². The maximum atomic E-state index is 12.1. The van der Waals surface area contributed by atoms with E-state index < -0.39 is 0 Å². The Morgan fingerprint density at radius 1 is 1.00 bits per heavy atom. The molecule has 1 heterocycles. The van der Waals surface area contributed by atoms with Gasteiger partial charge in [0.25, 0.3) is 0 Å². The van der Waals surface area contributed by atoms with Crippen molar-refractivity contribution in [1.29, 1.82) is 0 Å². The van der Waals surface area contributed by atoms with Gasteiger partial charge in [-0.1, -0.05) is 42.8 Å². The third-order valence-electron chi connectivity index (χ3n) is 4.83. The second kappa shape index (κ2) is 10.1. The molecule has 144 valence electrons. The SMILES string of the molecule is COCc1cccc(NC(=O)NCc2ccc(CN3CCCCC3)cc2)c1. The first kappa shape index (κ1) is 19.4. The lowest BCUT2D eigenvalue weighted by atomic mass is 10.1. The number of ether oxygens (including phenoxy) is 1. The number of hydrogen-bond acceptors (Lipinski definition) is 3. The number of piperidine rings is 1. The van der Waals surface area contributed by atoms with Gasteiger partial charge in [-0.05, 0) is 54.8 Å². The molecular formula is C22H29N3O2. The van der Waals surface area contributed by atoms with E-state index >= 15 is 0 Å². The summed E-state index contributed by atoms with van der Waals surface area (Å²) < 4.78 is 5.12. The topological polar surface area (TPSA) is 53.6 Å². The van der Waals surface area contributed by atoms with Crippen LogP contribution in [0.25, 0.3) is 0 Å². The summed E-state index contributed by atoms with van der Waals surface area (Å²) in [7, 11) is 1.66. The van der Waals surface area contributed by atoms with Crippen molar-refractivity contribution in [3.05, 3.63) is 65.2 Å². The molecule has 0 unspecified atom stereocenters. The second-order valence-electron chi connectivity index (χ2n) is 7.09. The van der Waals surface area contributed by atoms with Crippen LogP contribution in [-0.2, 0) is 24.4 Å². The molecule has 2 aromatic rings. The van der Waals surface area contributed by atoms with Gasteiger partial charge in [0.05, 0.1) is 6.61 Å². The smallest absolute Gasteiger partial charge is 0.319 e. The number of carbonyl (C=O) groups excluding carboxylic acids is 1. The Morgan fingerprint density at radius 3 is 2.48 bits per heavy atom. The van der Waals surface area contributed by atoms with Crippen molar-refractivity contribution in [2.45, 2.75) is 39.0 Å². The highest BCUT2D eigenvalue weighted by atomic mass is 16.5. The number of rotatable bonds is 7. The van der Waals surface area contributed by atoms with Gasteiger partial charge in [0, 0.05) is 25.9 Å². The number of nitrogens with zero attached hydrogens (tertiary/aromatic N) is 1. The van der Waals surface area contributed by atoms with E-state index in [4.69, 9.17) is 4.74 Å². The van der Waals surface area contributed by atoms with Gasteiger partial charge in [0.15, 0.2) is 0 Å². The van der Waals surface area contributed by atoms with E-state index in [-0.39, 0.29) is 6.03 Å². The third-order valence-corrected chi connectivity index (χ3v) is 4.83. The quantitative estimate of drug-likeness (QED) is 0.773. The Bertz CT molecular complexity index is 725. The van der Waals surface area contributed by atoms with E-state index in [9.17, 15) is 4.79 Å². The van der Waals surface area contributed by atoms with Gasteiger partial charge < -0.3 is 15.4 Å². The first-order valence-electron chi connectivity index (χ1n) is 9.66. The molecule has 1 saturated heterocycles. The zero-order chi connectivity index (χ0) is 18.9. The van der Waals surface area contributed by atoms with Crippen LogP contribution in [0.4, 0.5) is 10.5 Å². The number of nitrogens with one attached hydrogen (secondary N) is 2. The molecule has 0 aromatic heterocycles. The predicted octanol–water partition coefficient (Wildman–Crippen LogP) is 4.14. The highest BCUT2D eigenvalue weighted by Gasteiger charge is 2.10. The molecule has 1 fully saturated rings. The summed E-state index contributed by atoms with van der Waals surface area (Å²) in [4.78, 5) is 14.6. The van der Waals surface area contributed by atoms with Crippen molar-refractivity contribution in [3.63, 3.8) is 0 Å². The van der Waals surface area contributed by atoms with Crippen LogP contribution in [0.1, 0.15) is 36.0 Å². The lowest BCUT2D eigenvalue weighted by molar-refractivity contribution is 0.185. The minimum atomic E-state index is -0.207. The molecule has 0 bridgehead atoms. The Hall–Kier alpha value is -2.37. The lowest BCUT2D eigenvalue weighted by Gasteiger charge is -2.26. The summed E-state index contributed by atoms with van der Waals surface area (Å²) in [5.74, 6) is 0. The number of methoxy groups -OCH3 is 1. The molecule has 1 aliphatic heterocycles. The molecule has 0 spiro atoms. The molecule has 0 saturated carbocycles. The van der Waals surface area contributed by atoms with Crippen molar-refractivity contribution >= 4 is 11.7 Å². The number of benzene rings is 2. The van der Waals surface area contributed by atoms with Crippen molar-refractivity contribution in [2.24, 2.45) is 0 Å². The summed E-state index contributed by atoms with van der Waals surface area (Å²) in [5, 5.41) is 5.77. The maximum Gasteiger partial charge on any atom is 0.319 e. The molecule has 3 rings (SSSR count). The maximum absolute atomic E-state index is 12.1. The van der Waals surface area contributed by atoms with E-state index in [1.54, 1.807) is 7.11 Å². The van der Waals surface area contributed by atoms with Crippen LogP contribution in [0, 0.1) is 0 Å². The van der Waals surface area contributed by atoms with Gasteiger partial charge in [-0.25, -0.2) is 4.79 Å². The second-order valence-corrected chi connectivity index (χ2v) is 7.09. The molecule has 5 heteroatoms. The summed E-state index contributed by atoms with van der Waals surface area (Å²) in [6.07, 6.45) is 3.98. The van der Waals surface area contributed by atoms with E-state index in [0.717, 1.165) is 23.4 Å². The standard InChI is InChI=1S/C22H29N3O2/c1-27-17-20-6-5-7-21(14-20)24-22(26)23-15-18-8-10-19(11-9-18)16-25-12-3-2-4-13-25/h5-11,14H,2-4,12-13,15-17H2,1H3,(H2,23,24,26). The average molecular weight is 367 g/mol. The fourth-order valence-electron chi connectivity index (χ4n) is 3.40. The molecule has 2 N–H and O–H groups in total. The van der Waals surface area contributed by atoms with Gasteiger partial charge in [0.2, 0.25) is 0 Å². The molecule has 2 amide bonds. The van der Waals surface area contributed by atoms with E-state index in [0.29, 0.717) is 13.2 Å². The van der Waals surface area contributed by atoms with Gasteiger partial charge in [-0.3, -0.25) is 4.90 Å². The Balaban J connectivity index is 1.45. The molecule has 0 aliphatic carbocycles. The van der Waals surface area contributed by atoms with Crippen LogP contribution in [0.5, 0.6) is 0 Å². The molecule has 0 radical (unpaired) electrons. The number of likely N-dealkylation sites (tertiary alicyclic amines) is 1. The Labute approximate surface area is 161 Å². The Kier molecular flexibility index (Phi) is 7.25. The largest absolute Gasteiger partial charge is 0.380 e. The summed E-state index contributed by atoms with van der Waals surface area (Å²) >= 11 is 0. The first-order valence-corrected chi connectivity index (χ1v) is 9.66. The van der Waals surface area contributed by atoms with Crippen LogP contribution in [-0.4, -0.2) is 31.1 Å². The molecule has 0 atom stereocenters. The summed E-state index contributed by atoms with van der Waals surface area (Å²) in [6, 6.07) is 16.0. The molecule has 27 heavy (non-hydrogen) atoms. The highest BCUT2D eigenvalue weighted by Crippen LogP contribution is 2.14. The number of hydrogen-bond donors (Lipinski definition) is 2. The fourth-order valence-corrected chi connectivity index (χ4v) is 3.40. The van der Waals surface area contributed by atoms with Gasteiger partial charge in [-0.2, -0.15) is 0 Å². The van der Waals surface area contributed by atoms with E-state index in [1.165, 1.54) is 37.9 Å². The van der Waals surface area contributed by atoms with Crippen molar-refractivity contribution in [3.8, 4) is 0 Å². The number of urea groups is 1. The fraction of sp³-hybridized carbons (Fsp3) is 0.409. The van der Waals surface area contributed by atoms with E-state index in [1.807, 2.05) is 24.3 Å². The molecule has 5 nitrogen and oxygen atoms in total. The minimum absolute atomic E-state index is 0.207. The first-order chi connectivity index (χ1) is 13.2. The Morgan fingerprint density at radius 2 is 1.74 bits per heavy atom. The van der Waals surface area contributed by atoms with Crippen molar-refractivity contribution in [2.75, 3.05) is 25.5 Å². The zero-order valence-corrected chi connectivity index (χ0v) is 16.0. The average Bonchev–Trinajstić information content (AvgIpc) is 2.69. The third kappa shape index (κ3) is 6.38. The van der Waals surface area contributed by atoms with Crippen molar-refractivity contribution < 1.29 is 9.53 Å². The molecular weight excluding hydrogens is 338 g/mol. The molecule has 2 aromatic carbocycles. The van der Waals surface area contributed by atoms with Crippen LogP contribution in [0.15, 0.2) is 48.5 Å². The van der Waals surface area contributed by atoms with Crippen LogP contribution in [0.2, 0.25) is 0 Å². The van der Waals surface area contributed by atoms with Crippen LogP contribution >= 0.6 is 0 Å². The van der Waals surface area contributed by atoms with Crippen LogP contribution < -0.4 is 10.6 Å². The van der Waals surface area contributed by atoms with Crippen molar-refractivity contribution in [1.82, 2.24) is 10.2 Å². The highest BCUT2D eigenvalue weighted by molar-refractivity contribution is 5.89. The minimum Gasteiger partial charge on any atom is -0.380 e. The lowest BCUT2D eigenvalue weighted by Crippen LogP contribution is -2.29. The zero-order valence-electron chi connectivity index (χ0n) is 16.0. The number of carbonyl (C=O) groups is 1. The summed E-state index contributed by atoms with van der Waals surface area (Å²) in [6.45, 7) is 4.46. The summed E-state index contributed by atoms with van der Waals surface area (Å²) in [5.41, 5.74) is 4.22. The van der Waals surface area contributed by atoms with E-state index in [2.05, 4.69) is 39.8 Å². The number of anilines is 1. The predicted molar refractivity (Wildman–Crippen MR) is 109 cm³/mol. The molecule has 1 aliphatic rings. The van der Waals surface area contributed by atoms with Gasteiger partial charge >= 0.3 is 6.03 Å².